The van der Waals surface area contributed by atoms with Crippen LogP contribution in [0.5, 0.6) is 0 Å². The molecule has 2 rings (SSSR count). The standard InChI is InChI=1S/C7H6N2OS.CH3NO.CH4/c1-4-2-5-6(10)8-3-9-7(5)11-4;2-1-3;/h2-3H,1H3,(H,8,9,10);1H,(H2,2,3);1H4. The number of nitrogens with two attached hydrogens (primary N) is 1. The summed E-state index contributed by atoms with van der Waals surface area (Å²) in [7, 11) is 0. The second kappa shape index (κ2) is 5.92. The van der Waals surface area contributed by atoms with Gasteiger partial charge in [0.15, 0.2) is 0 Å². The van der Waals surface area contributed by atoms with E-state index in [9.17, 15) is 4.79 Å². The van der Waals surface area contributed by atoms with Gasteiger partial charge in [0.2, 0.25) is 6.41 Å². The Balaban J connectivity index is 0.000000443. The smallest absolute Gasteiger partial charge is 0.259 e. The molecule has 3 N–H and O–H groups in total. The number of nitrogens with one attached hydrogen (secondary N) is 1. The molecular formula is C9H13N3O2S. The number of amides is 1. The highest BCUT2D eigenvalue weighted by Gasteiger charge is 2.01. The molecule has 0 unspecified atom stereocenters. The minimum atomic E-state index is -0.0562. The molecule has 82 valence electrons. The highest BCUT2D eigenvalue weighted by molar-refractivity contribution is 7.18. The maximum atomic E-state index is 11.1. The van der Waals surface area contributed by atoms with E-state index in [4.69, 9.17) is 4.79 Å². The van der Waals surface area contributed by atoms with Crippen molar-refractivity contribution in [3.63, 3.8) is 0 Å². The lowest BCUT2D eigenvalue weighted by molar-refractivity contribution is -0.106. The van der Waals surface area contributed by atoms with E-state index in [0.717, 1.165) is 9.71 Å². The van der Waals surface area contributed by atoms with Gasteiger partial charge >= 0.3 is 0 Å². The van der Waals surface area contributed by atoms with Crippen molar-refractivity contribution < 1.29 is 4.79 Å². The molecule has 0 atom stereocenters. The summed E-state index contributed by atoms with van der Waals surface area (Å²) in [5, 5.41) is 0.690. The molecule has 6 heteroatoms. The van der Waals surface area contributed by atoms with Gasteiger partial charge in [-0.2, -0.15) is 0 Å². The van der Waals surface area contributed by atoms with E-state index in [1.165, 1.54) is 17.7 Å². The second-order valence-corrected chi connectivity index (χ2v) is 3.68. The van der Waals surface area contributed by atoms with Gasteiger partial charge in [-0.1, -0.05) is 7.43 Å². The Morgan fingerprint density at radius 2 is 2.20 bits per heavy atom. The Hall–Kier alpha value is -1.69. The lowest BCUT2D eigenvalue weighted by atomic mass is 10.4. The minimum absolute atomic E-state index is 0. The molecule has 5 nitrogen and oxygen atoms in total. The summed E-state index contributed by atoms with van der Waals surface area (Å²) in [5.74, 6) is 0. The molecule has 0 radical (unpaired) electrons. The number of carbonyl (C=O) groups is 1. The van der Waals surface area contributed by atoms with E-state index >= 15 is 0 Å². The van der Waals surface area contributed by atoms with Crippen LogP contribution in [0.3, 0.4) is 0 Å². The number of rotatable bonds is 0. The van der Waals surface area contributed by atoms with Gasteiger partial charge in [-0.15, -0.1) is 11.3 Å². The summed E-state index contributed by atoms with van der Waals surface area (Å²) in [6, 6.07) is 1.85. The summed E-state index contributed by atoms with van der Waals surface area (Å²) >= 11 is 1.54. The summed E-state index contributed by atoms with van der Waals surface area (Å²) in [6.45, 7) is 1.96. The first-order chi connectivity index (χ1) is 6.69. The van der Waals surface area contributed by atoms with Crippen LogP contribution >= 0.6 is 11.3 Å². The van der Waals surface area contributed by atoms with Crippen LogP contribution in [0.2, 0.25) is 0 Å². The maximum Gasteiger partial charge on any atom is 0.259 e. The van der Waals surface area contributed by atoms with Crippen LogP contribution < -0.4 is 11.3 Å². The van der Waals surface area contributed by atoms with Crippen molar-refractivity contribution in [3.8, 4) is 0 Å². The van der Waals surface area contributed by atoms with Gasteiger partial charge in [0.05, 0.1) is 11.7 Å². The molecule has 0 saturated carbocycles. The number of aromatic amines is 1. The highest BCUT2D eigenvalue weighted by Crippen LogP contribution is 2.18. The van der Waals surface area contributed by atoms with Crippen LogP contribution in [-0.2, 0) is 4.79 Å². The van der Waals surface area contributed by atoms with Crippen molar-refractivity contribution in [2.45, 2.75) is 14.4 Å². The van der Waals surface area contributed by atoms with E-state index in [0.29, 0.717) is 5.39 Å². The van der Waals surface area contributed by atoms with E-state index in [1.54, 1.807) is 0 Å². The molecule has 0 fully saturated rings. The largest absolute Gasteiger partial charge is 0.372 e. The van der Waals surface area contributed by atoms with Gasteiger partial charge in [0.1, 0.15) is 4.83 Å². The van der Waals surface area contributed by atoms with Gasteiger partial charge in [-0.25, -0.2) is 4.98 Å². The number of primary amides is 1. The fourth-order valence-corrected chi connectivity index (χ4v) is 1.84. The van der Waals surface area contributed by atoms with Crippen molar-refractivity contribution in [2.75, 3.05) is 0 Å². The highest BCUT2D eigenvalue weighted by atomic mass is 32.1. The zero-order valence-corrected chi connectivity index (χ0v) is 8.30. The molecule has 15 heavy (non-hydrogen) atoms. The Bertz CT molecular complexity index is 489. The van der Waals surface area contributed by atoms with Crippen LogP contribution in [0.1, 0.15) is 12.3 Å². The van der Waals surface area contributed by atoms with E-state index < -0.39 is 0 Å². The fraction of sp³-hybridized carbons (Fsp3) is 0.222. The van der Waals surface area contributed by atoms with Crippen LogP contribution in [-0.4, -0.2) is 16.4 Å². The Kier molecular flexibility index (Phi) is 5.25. The topological polar surface area (TPSA) is 88.8 Å². The Morgan fingerprint density at radius 1 is 1.60 bits per heavy atom. The molecule has 0 aliphatic rings. The number of H-pyrrole nitrogens is 1. The van der Waals surface area contributed by atoms with Crippen LogP contribution in [0.15, 0.2) is 17.2 Å². The van der Waals surface area contributed by atoms with E-state index in [1.807, 2.05) is 13.0 Å². The molecule has 2 aromatic rings. The molecule has 0 aliphatic carbocycles. The third-order valence-corrected chi connectivity index (χ3v) is 2.42. The number of nitrogens with zero attached hydrogens (tertiary/aromatic N) is 1. The number of hydrogen-bond acceptors (Lipinski definition) is 4. The summed E-state index contributed by atoms with van der Waals surface area (Å²) in [6.07, 6.45) is 1.68. The Morgan fingerprint density at radius 3 is 2.73 bits per heavy atom. The maximum absolute atomic E-state index is 11.1. The number of carbonyl (C=O) groups excluding carboxylic acids is 1. The first-order valence-electron chi connectivity index (χ1n) is 3.78. The molecule has 2 aromatic heterocycles. The first kappa shape index (κ1) is 13.3. The van der Waals surface area contributed by atoms with E-state index in [-0.39, 0.29) is 19.4 Å². The third-order valence-electron chi connectivity index (χ3n) is 1.46. The first-order valence-corrected chi connectivity index (χ1v) is 4.60. The molecule has 1 amide bonds. The van der Waals surface area contributed by atoms with Gasteiger partial charge in [0, 0.05) is 4.88 Å². The molecule has 0 saturated heterocycles. The predicted molar refractivity (Wildman–Crippen MR) is 62.0 cm³/mol. The molecule has 0 aromatic carbocycles. The predicted octanol–water partition coefficient (Wildman–Crippen LogP) is 1.03. The number of fused-ring (bicyclic) bond motifs is 1. The second-order valence-electron chi connectivity index (χ2n) is 2.44. The van der Waals surface area contributed by atoms with Gasteiger partial charge in [-0.3, -0.25) is 9.59 Å². The zero-order valence-electron chi connectivity index (χ0n) is 7.48. The molecule has 0 spiro atoms. The van der Waals surface area contributed by atoms with Crippen molar-refractivity contribution in [3.05, 3.63) is 27.6 Å². The van der Waals surface area contributed by atoms with Crippen LogP contribution in [0.25, 0.3) is 10.2 Å². The third kappa shape index (κ3) is 3.17. The number of aromatic nitrogens is 2. The summed E-state index contributed by atoms with van der Waals surface area (Å²) < 4.78 is 0. The van der Waals surface area contributed by atoms with E-state index in [2.05, 4.69) is 15.7 Å². The number of hydrogen-bond donors (Lipinski definition) is 2. The average molecular weight is 227 g/mol. The van der Waals surface area contributed by atoms with Crippen molar-refractivity contribution in [1.29, 1.82) is 0 Å². The number of thiophene rings is 1. The van der Waals surface area contributed by atoms with Gasteiger partial charge in [-0.05, 0) is 13.0 Å². The SMILES string of the molecule is C.Cc1cc2c(=O)[nH]cnc2s1.NC=O. The fourth-order valence-electron chi connectivity index (χ4n) is 0.988. The lowest BCUT2D eigenvalue weighted by Crippen LogP contribution is -2.03. The van der Waals surface area contributed by atoms with Crippen molar-refractivity contribution in [2.24, 2.45) is 5.73 Å². The quantitative estimate of drug-likeness (QED) is 0.659. The van der Waals surface area contributed by atoms with Crippen LogP contribution in [0, 0.1) is 6.92 Å². The molecular weight excluding hydrogens is 214 g/mol. The molecule has 0 aliphatic heterocycles. The zero-order chi connectivity index (χ0) is 10.6. The normalized spacial score (nSPS) is 8.60. The van der Waals surface area contributed by atoms with Gasteiger partial charge in [0.25, 0.3) is 5.56 Å². The summed E-state index contributed by atoms with van der Waals surface area (Å²) in [4.78, 5) is 28.2. The monoisotopic (exact) mass is 227 g/mol. The Labute approximate surface area is 91.0 Å². The lowest BCUT2D eigenvalue weighted by Gasteiger charge is -1.82. The van der Waals surface area contributed by atoms with Crippen molar-refractivity contribution >= 4 is 28.0 Å². The average Bonchev–Trinajstić information content (AvgIpc) is 2.48. The van der Waals surface area contributed by atoms with Crippen molar-refractivity contribution in [1.82, 2.24) is 9.97 Å². The molecule has 2 heterocycles. The molecule has 0 bridgehead atoms. The van der Waals surface area contributed by atoms with Crippen LogP contribution in [0.4, 0.5) is 0 Å². The minimum Gasteiger partial charge on any atom is -0.372 e. The number of aryl methyl sites for hydroxylation is 1. The summed E-state index contributed by atoms with van der Waals surface area (Å²) in [5.41, 5.74) is 4.11. The van der Waals surface area contributed by atoms with Gasteiger partial charge < -0.3 is 10.7 Å².